The highest BCUT2D eigenvalue weighted by molar-refractivity contribution is 5.37. The molecule has 1 nitrogen and oxygen atoms in total. The number of benzene rings is 1. The van der Waals surface area contributed by atoms with E-state index in [0.717, 1.165) is 12.8 Å². The van der Waals surface area contributed by atoms with Crippen LogP contribution in [0, 0.1) is 0 Å². The summed E-state index contributed by atoms with van der Waals surface area (Å²) < 4.78 is 0. The molecule has 0 aromatic heterocycles. The van der Waals surface area contributed by atoms with Crippen molar-refractivity contribution >= 4 is 12.2 Å². The second kappa shape index (κ2) is 3.02. The summed E-state index contributed by atoms with van der Waals surface area (Å²) >= 11 is 0. The average Bonchev–Trinajstić information content (AvgIpc) is 2.28. The van der Waals surface area contributed by atoms with Crippen LogP contribution in [0.15, 0.2) is 18.2 Å². The fraction of sp³-hybridized carbons (Fsp3) is 0.273. The normalized spacial score (nSPS) is 15.3. The largest absolute Gasteiger partial charge is 0.508 e. The number of fused-ring (bicyclic) bond motifs is 1. The molecule has 0 bridgehead atoms. The second-order valence-electron chi connectivity index (χ2n) is 3.15. The lowest BCUT2D eigenvalue weighted by Gasteiger charge is -1.91. The van der Waals surface area contributed by atoms with Crippen LogP contribution < -0.4 is 10.4 Å². The van der Waals surface area contributed by atoms with Crippen molar-refractivity contribution in [2.24, 2.45) is 0 Å². The molecule has 1 aromatic rings. The molecule has 0 heterocycles. The Morgan fingerprint density at radius 1 is 1.00 bits per heavy atom. The zero-order chi connectivity index (χ0) is 8.39. The van der Waals surface area contributed by atoms with Gasteiger partial charge in [-0.2, -0.15) is 0 Å². The quantitative estimate of drug-likeness (QED) is 0.603. The maximum absolute atomic E-state index is 9.25. The predicted octanol–water partition coefficient (Wildman–Crippen LogP) is 1.14. The van der Waals surface area contributed by atoms with E-state index in [1.807, 2.05) is 12.1 Å². The van der Waals surface area contributed by atoms with Gasteiger partial charge in [-0.3, -0.25) is 0 Å². The fourth-order valence-electron chi connectivity index (χ4n) is 1.56. The Morgan fingerprint density at radius 3 is 2.58 bits per heavy atom. The minimum atomic E-state index is 0.361. The molecule has 1 heteroatoms. The summed E-state index contributed by atoms with van der Waals surface area (Å²) in [6.45, 7) is 0. The first kappa shape index (κ1) is 7.41. The zero-order valence-corrected chi connectivity index (χ0v) is 6.96. The fourth-order valence-corrected chi connectivity index (χ4v) is 1.56. The monoisotopic (exact) mass is 160 g/mol. The molecular formula is C11H12O. The highest BCUT2D eigenvalue weighted by atomic mass is 16.3. The highest BCUT2D eigenvalue weighted by Crippen LogP contribution is 2.03. The first-order valence-corrected chi connectivity index (χ1v) is 4.36. The number of phenolic OH excluding ortho intramolecular Hbond substituents is 1. The van der Waals surface area contributed by atoms with Gasteiger partial charge in [0, 0.05) is 0 Å². The Kier molecular flexibility index (Phi) is 1.86. The van der Waals surface area contributed by atoms with Crippen molar-refractivity contribution in [3.63, 3.8) is 0 Å². The molecule has 2 rings (SSSR count). The van der Waals surface area contributed by atoms with Gasteiger partial charge in [0.05, 0.1) is 0 Å². The SMILES string of the molecule is Oc1ccc2c(c1)=CCCCC=2. The van der Waals surface area contributed by atoms with Gasteiger partial charge in [0.15, 0.2) is 0 Å². The molecule has 0 radical (unpaired) electrons. The van der Waals surface area contributed by atoms with Crippen LogP contribution in [-0.2, 0) is 0 Å². The summed E-state index contributed by atoms with van der Waals surface area (Å²) in [7, 11) is 0. The Hall–Kier alpha value is -1.24. The number of rotatable bonds is 0. The van der Waals surface area contributed by atoms with Gasteiger partial charge >= 0.3 is 0 Å². The van der Waals surface area contributed by atoms with Crippen molar-refractivity contribution in [1.82, 2.24) is 0 Å². The summed E-state index contributed by atoms with van der Waals surface area (Å²) in [5.41, 5.74) is 0. The van der Waals surface area contributed by atoms with Crippen LogP contribution in [0.25, 0.3) is 12.2 Å². The van der Waals surface area contributed by atoms with E-state index in [4.69, 9.17) is 0 Å². The Bertz CT molecular complexity index is 390. The van der Waals surface area contributed by atoms with Crippen LogP contribution in [0.5, 0.6) is 5.75 Å². The molecule has 0 aliphatic heterocycles. The first-order chi connectivity index (χ1) is 5.86. The lowest BCUT2D eigenvalue weighted by Crippen LogP contribution is -2.22. The van der Waals surface area contributed by atoms with E-state index in [2.05, 4.69) is 12.2 Å². The Morgan fingerprint density at radius 2 is 1.75 bits per heavy atom. The van der Waals surface area contributed by atoms with Crippen molar-refractivity contribution in [1.29, 1.82) is 0 Å². The number of hydrogen-bond acceptors (Lipinski definition) is 1. The minimum absolute atomic E-state index is 0.361. The summed E-state index contributed by atoms with van der Waals surface area (Å²) in [6, 6.07) is 5.55. The zero-order valence-electron chi connectivity index (χ0n) is 6.96. The Labute approximate surface area is 71.7 Å². The molecule has 62 valence electrons. The number of aromatic hydroxyl groups is 1. The van der Waals surface area contributed by atoms with Gasteiger partial charge in [0.2, 0.25) is 0 Å². The van der Waals surface area contributed by atoms with Crippen molar-refractivity contribution in [2.45, 2.75) is 19.3 Å². The third kappa shape index (κ3) is 1.35. The third-order valence-corrected chi connectivity index (χ3v) is 2.21. The molecule has 0 saturated carbocycles. The molecule has 0 atom stereocenters. The van der Waals surface area contributed by atoms with E-state index in [9.17, 15) is 5.11 Å². The van der Waals surface area contributed by atoms with Gasteiger partial charge in [-0.25, -0.2) is 0 Å². The predicted molar refractivity (Wildman–Crippen MR) is 50.1 cm³/mol. The average molecular weight is 160 g/mol. The smallest absolute Gasteiger partial charge is 0.116 e. The second-order valence-corrected chi connectivity index (χ2v) is 3.15. The van der Waals surface area contributed by atoms with Crippen molar-refractivity contribution in [3.8, 4) is 5.75 Å². The molecule has 1 N–H and O–H groups in total. The number of phenols is 1. The van der Waals surface area contributed by atoms with Crippen molar-refractivity contribution in [2.75, 3.05) is 0 Å². The highest BCUT2D eigenvalue weighted by Gasteiger charge is 1.93. The Balaban J connectivity index is 2.72. The van der Waals surface area contributed by atoms with E-state index in [-0.39, 0.29) is 0 Å². The molecule has 1 aliphatic rings. The van der Waals surface area contributed by atoms with Gasteiger partial charge < -0.3 is 5.11 Å². The maximum atomic E-state index is 9.25. The van der Waals surface area contributed by atoms with Crippen molar-refractivity contribution < 1.29 is 5.11 Å². The van der Waals surface area contributed by atoms with Crippen LogP contribution in [0.1, 0.15) is 19.3 Å². The van der Waals surface area contributed by atoms with Crippen LogP contribution in [0.2, 0.25) is 0 Å². The topological polar surface area (TPSA) is 20.2 Å². The minimum Gasteiger partial charge on any atom is -0.508 e. The molecule has 0 fully saturated rings. The summed E-state index contributed by atoms with van der Waals surface area (Å²) in [6.07, 6.45) is 7.91. The molecule has 1 aromatic carbocycles. The maximum Gasteiger partial charge on any atom is 0.116 e. The lowest BCUT2D eigenvalue weighted by molar-refractivity contribution is 0.474. The molecule has 0 unspecified atom stereocenters. The van der Waals surface area contributed by atoms with Crippen molar-refractivity contribution in [3.05, 3.63) is 28.6 Å². The van der Waals surface area contributed by atoms with Gasteiger partial charge in [0.1, 0.15) is 5.75 Å². The van der Waals surface area contributed by atoms with Crippen LogP contribution in [0.3, 0.4) is 0 Å². The van der Waals surface area contributed by atoms with Crippen LogP contribution >= 0.6 is 0 Å². The molecule has 1 aliphatic carbocycles. The number of hydrogen-bond donors (Lipinski definition) is 1. The van der Waals surface area contributed by atoms with Crippen LogP contribution in [0.4, 0.5) is 0 Å². The molecular weight excluding hydrogens is 148 g/mol. The standard InChI is InChI=1S/C11H12O/c12-11-7-6-9-4-2-1-3-5-10(9)8-11/h4-8,12H,1-3H2. The van der Waals surface area contributed by atoms with Crippen LogP contribution in [-0.4, -0.2) is 5.11 Å². The summed E-state index contributed by atoms with van der Waals surface area (Å²) in [5.74, 6) is 0.361. The molecule has 0 amide bonds. The molecule has 0 saturated heterocycles. The third-order valence-electron chi connectivity index (χ3n) is 2.21. The lowest BCUT2D eigenvalue weighted by atomic mass is 10.2. The van der Waals surface area contributed by atoms with E-state index in [1.165, 1.54) is 16.9 Å². The van der Waals surface area contributed by atoms with Gasteiger partial charge in [-0.1, -0.05) is 18.2 Å². The van der Waals surface area contributed by atoms with E-state index >= 15 is 0 Å². The van der Waals surface area contributed by atoms with E-state index in [1.54, 1.807) is 6.07 Å². The summed E-state index contributed by atoms with van der Waals surface area (Å²) in [5, 5.41) is 11.7. The van der Waals surface area contributed by atoms with E-state index < -0.39 is 0 Å². The van der Waals surface area contributed by atoms with Gasteiger partial charge in [-0.15, -0.1) is 0 Å². The van der Waals surface area contributed by atoms with Gasteiger partial charge in [0.25, 0.3) is 0 Å². The van der Waals surface area contributed by atoms with E-state index in [0.29, 0.717) is 5.75 Å². The molecule has 12 heavy (non-hydrogen) atoms. The molecule has 0 spiro atoms. The first-order valence-electron chi connectivity index (χ1n) is 4.36. The summed E-state index contributed by atoms with van der Waals surface area (Å²) in [4.78, 5) is 0. The van der Waals surface area contributed by atoms with Gasteiger partial charge in [-0.05, 0) is 41.8 Å².